The lowest BCUT2D eigenvalue weighted by molar-refractivity contribution is -0.116. The van der Waals surface area contributed by atoms with Gasteiger partial charge in [-0.25, -0.2) is 0 Å². The molecule has 0 spiro atoms. The predicted octanol–water partition coefficient (Wildman–Crippen LogP) is 2.37. The van der Waals surface area contributed by atoms with Gasteiger partial charge in [0, 0.05) is 36.3 Å². The van der Waals surface area contributed by atoms with Gasteiger partial charge in [0.15, 0.2) is 0 Å². The van der Waals surface area contributed by atoms with Gasteiger partial charge in [-0.15, -0.1) is 0 Å². The van der Waals surface area contributed by atoms with Gasteiger partial charge in [0.1, 0.15) is 0 Å². The fourth-order valence-electron chi connectivity index (χ4n) is 1.79. The maximum absolute atomic E-state index is 11.8. The molecule has 0 bridgehead atoms. The third-order valence-corrected chi connectivity index (χ3v) is 3.09. The van der Waals surface area contributed by atoms with E-state index < -0.39 is 0 Å². The molecule has 0 saturated heterocycles. The Labute approximate surface area is 119 Å². The van der Waals surface area contributed by atoms with Crippen LogP contribution in [0.2, 0.25) is 5.02 Å². The Morgan fingerprint density at radius 1 is 1.42 bits per heavy atom. The van der Waals surface area contributed by atoms with Crippen LogP contribution >= 0.6 is 11.6 Å². The van der Waals surface area contributed by atoms with Gasteiger partial charge in [-0.05, 0) is 32.0 Å². The second-order valence-electron chi connectivity index (χ2n) is 4.66. The zero-order chi connectivity index (χ0) is 14.3. The summed E-state index contributed by atoms with van der Waals surface area (Å²) in [6.07, 6.45) is 0.394. The first kappa shape index (κ1) is 16.0. The Morgan fingerprint density at radius 2 is 2.16 bits per heavy atom. The highest BCUT2D eigenvalue weighted by atomic mass is 35.5. The summed E-state index contributed by atoms with van der Waals surface area (Å²) in [6, 6.07) is 7.39. The van der Waals surface area contributed by atoms with Crippen LogP contribution in [0.4, 0.5) is 5.69 Å². The van der Waals surface area contributed by atoms with Gasteiger partial charge in [0.05, 0.1) is 6.61 Å². The van der Waals surface area contributed by atoms with Crippen LogP contribution in [0.5, 0.6) is 0 Å². The Bertz CT molecular complexity index is 410. The molecule has 0 aliphatic rings. The third-order valence-electron chi connectivity index (χ3n) is 2.85. The maximum atomic E-state index is 11.8. The van der Waals surface area contributed by atoms with E-state index in [0.717, 1.165) is 0 Å². The van der Waals surface area contributed by atoms with Crippen molar-refractivity contribution < 1.29 is 9.90 Å². The monoisotopic (exact) mass is 284 g/mol. The number of benzene rings is 1. The van der Waals surface area contributed by atoms with Gasteiger partial charge in [-0.2, -0.15) is 0 Å². The Balaban J connectivity index is 2.42. The van der Waals surface area contributed by atoms with Crippen LogP contribution in [-0.2, 0) is 4.79 Å². The van der Waals surface area contributed by atoms with Crippen molar-refractivity contribution in [1.29, 1.82) is 0 Å². The second kappa shape index (κ2) is 8.15. The molecule has 1 amide bonds. The molecule has 0 aromatic heterocycles. The van der Waals surface area contributed by atoms with Gasteiger partial charge in [0.25, 0.3) is 0 Å². The predicted molar refractivity (Wildman–Crippen MR) is 78.5 cm³/mol. The number of halogens is 1. The van der Waals surface area contributed by atoms with Crippen molar-refractivity contribution in [3.63, 3.8) is 0 Å². The highest BCUT2D eigenvalue weighted by molar-refractivity contribution is 6.30. The molecule has 0 radical (unpaired) electrons. The van der Waals surface area contributed by atoms with Crippen LogP contribution in [0.3, 0.4) is 0 Å². The highest BCUT2D eigenvalue weighted by Crippen LogP contribution is 2.15. The molecule has 1 rings (SSSR count). The highest BCUT2D eigenvalue weighted by Gasteiger charge is 2.11. The van der Waals surface area contributed by atoms with E-state index in [-0.39, 0.29) is 12.5 Å². The summed E-state index contributed by atoms with van der Waals surface area (Å²) < 4.78 is 0. The molecule has 2 N–H and O–H groups in total. The van der Waals surface area contributed by atoms with Gasteiger partial charge in [-0.3, -0.25) is 9.69 Å². The first-order valence-electron chi connectivity index (χ1n) is 6.43. The molecule has 0 heterocycles. The Kier molecular flexibility index (Phi) is 6.84. The van der Waals surface area contributed by atoms with Gasteiger partial charge >= 0.3 is 0 Å². The molecule has 106 valence electrons. The number of aliphatic hydroxyl groups excluding tert-OH is 1. The number of rotatable bonds is 7. The number of hydrogen-bond acceptors (Lipinski definition) is 3. The molecular weight excluding hydrogens is 264 g/mol. The number of aliphatic hydroxyl groups is 1. The van der Waals surface area contributed by atoms with E-state index in [4.69, 9.17) is 16.7 Å². The van der Waals surface area contributed by atoms with Crippen molar-refractivity contribution in [2.75, 3.05) is 25.0 Å². The number of nitrogens with zero attached hydrogens (tertiary/aromatic N) is 1. The van der Waals surface area contributed by atoms with E-state index in [0.29, 0.717) is 36.3 Å². The summed E-state index contributed by atoms with van der Waals surface area (Å²) in [6.45, 7) is 5.41. The molecule has 4 nitrogen and oxygen atoms in total. The number of carbonyl (C=O) groups is 1. The topological polar surface area (TPSA) is 52.6 Å². The van der Waals surface area contributed by atoms with E-state index in [1.807, 2.05) is 13.8 Å². The first-order chi connectivity index (χ1) is 9.02. The molecule has 0 unspecified atom stereocenters. The van der Waals surface area contributed by atoms with Crippen molar-refractivity contribution in [2.24, 2.45) is 0 Å². The van der Waals surface area contributed by atoms with Crippen LogP contribution < -0.4 is 5.32 Å². The average Bonchev–Trinajstić information content (AvgIpc) is 2.34. The molecule has 5 heteroatoms. The number of carbonyl (C=O) groups excluding carboxylic acids is 1. The fourth-order valence-corrected chi connectivity index (χ4v) is 1.98. The zero-order valence-electron chi connectivity index (χ0n) is 11.4. The van der Waals surface area contributed by atoms with Crippen LogP contribution in [-0.4, -0.2) is 41.7 Å². The minimum Gasteiger partial charge on any atom is -0.395 e. The largest absolute Gasteiger partial charge is 0.395 e. The molecule has 1 aromatic carbocycles. The lowest BCUT2D eigenvalue weighted by Gasteiger charge is -2.25. The van der Waals surface area contributed by atoms with Crippen LogP contribution in [0.15, 0.2) is 24.3 Å². The molecule has 0 atom stereocenters. The van der Waals surface area contributed by atoms with E-state index in [1.165, 1.54) is 0 Å². The number of anilines is 1. The summed E-state index contributed by atoms with van der Waals surface area (Å²) in [5.74, 6) is -0.0501. The van der Waals surface area contributed by atoms with Crippen molar-refractivity contribution in [2.45, 2.75) is 26.3 Å². The van der Waals surface area contributed by atoms with Crippen molar-refractivity contribution >= 4 is 23.2 Å². The maximum Gasteiger partial charge on any atom is 0.225 e. The van der Waals surface area contributed by atoms with Gasteiger partial charge in [-0.1, -0.05) is 17.7 Å². The summed E-state index contributed by atoms with van der Waals surface area (Å²) in [5, 5.41) is 12.4. The summed E-state index contributed by atoms with van der Waals surface area (Å²) in [5.41, 5.74) is 0.704. The SMILES string of the molecule is CC(C)N(CCO)CCC(=O)Nc1cccc(Cl)c1. The van der Waals surface area contributed by atoms with Crippen molar-refractivity contribution in [3.05, 3.63) is 29.3 Å². The van der Waals surface area contributed by atoms with Gasteiger partial charge in [0.2, 0.25) is 5.91 Å². The lowest BCUT2D eigenvalue weighted by atomic mass is 10.2. The summed E-state index contributed by atoms with van der Waals surface area (Å²) in [4.78, 5) is 13.9. The van der Waals surface area contributed by atoms with E-state index in [9.17, 15) is 4.79 Å². The first-order valence-corrected chi connectivity index (χ1v) is 6.81. The molecule has 0 fully saturated rings. The molecular formula is C14H21ClN2O2. The molecule has 0 aliphatic heterocycles. The normalized spacial score (nSPS) is 11.1. The molecule has 0 aliphatic carbocycles. The quantitative estimate of drug-likeness (QED) is 0.808. The van der Waals surface area contributed by atoms with Crippen molar-refractivity contribution in [3.8, 4) is 0 Å². The lowest BCUT2D eigenvalue weighted by Crippen LogP contribution is -2.35. The number of hydrogen-bond donors (Lipinski definition) is 2. The van der Waals surface area contributed by atoms with E-state index in [2.05, 4.69) is 10.2 Å². The number of nitrogens with one attached hydrogen (secondary N) is 1. The molecule has 1 aromatic rings. The minimum atomic E-state index is -0.0501. The fraction of sp³-hybridized carbons (Fsp3) is 0.500. The molecule has 19 heavy (non-hydrogen) atoms. The summed E-state index contributed by atoms with van der Waals surface area (Å²) in [7, 11) is 0. The van der Waals surface area contributed by atoms with Gasteiger partial charge < -0.3 is 10.4 Å². The van der Waals surface area contributed by atoms with Crippen LogP contribution in [0.1, 0.15) is 20.3 Å². The second-order valence-corrected chi connectivity index (χ2v) is 5.10. The zero-order valence-corrected chi connectivity index (χ0v) is 12.2. The van der Waals surface area contributed by atoms with Crippen LogP contribution in [0.25, 0.3) is 0 Å². The number of amides is 1. The molecule has 0 saturated carbocycles. The van der Waals surface area contributed by atoms with Crippen LogP contribution in [0, 0.1) is 0 Å². The standard InChI is InChI=1S/C14H21ClN2O2/c1-11(2)17(8-9-18)7-6-14(19)16-13-5-3-4-12(15)10-13/h3-5,10-11,18H,6-9H2,1-2H3,(H,16,19). The third kappa shape index (κ3) is 6.05. The van der Waals surface area contributed by atoms with E-state index in [1.54, 1.807) is 24.3 Å². The van der Waals surface area contributed by atoms with Crippen molar-refractivity contribution in [1.82, 2.24) is 4.90 Å². The minimum absolute atomic E-state index is 0.0501. The smallest absolute Gasteiger partial charge is 0.225 e. The van der Waals surface area contributed by atoms with E-state index >= 15 is 0 Å². The Hall–Kier alpha value is -1.10. The average molecular weight is 285 g/mol. The Morgan fingerprint density at radius 3 is 2.74 bits per heavy atom. The summed E-state index contributed by atoms with van der Waals surface area (Å²) >= 11 is 5.85.